The highest BCUT2D eigenvalue weighted by molar-refractivity contribution is 5.75. The topological polar surface area (TPSA) is 330 Å². The molecule has 9 atom stereocenters. The molecule has 0 bridgehead atoms. The third-order valence-electron chi connectivity index (χ3n) is 6.13. The standard InChI is InChI=1S/C16H26O9.C12H20O7.C8H14O5/c1-9(17)5-14(20)24-11(3)7-16(22)25-12(4)8-15(21)23-10(2)6-13(18)19;1-7(13)4-11(16)19-9(3)6-12(17)18-8(2)5-10(14)15;1-5(9)3-8(12)13-6(2)4-7(10)11/h9-12,17H,5-8H2,1-4H3,(H,18,19);7-9,13H,4-6H2,1-3H3,(H,14,15);5-6,9H,3-4H2,1-2H3,(H,10,11). The summed E-state index contributed by atoms with van der Waals surface area (Å²) in [5, 5.41) is 52.3. The van der Waals surface area contributed by atoms with Gasteiger partial charge in [0.2, 0.25) is 0 Å². The number of carbonyl (C=O) groups is 9. The van der Waals surface area contributed by atoms with Crippen LogP contribution < -0.4 is 0 Å². The zero-order valence-corrected chi connectivity index (χ0v) is 33.9. The van der Waals surface area contributed by atoms with Gasteiger partial charge in [0, 0.05) is 0 Å². The number of ether oxygens (including phenoxy) is 6. The Hall–Kier alpha value is -4.89. The molecule has 0 aromatic rings. The maximum Gasteiger partial charge on any atom is 0.309 e. The van der Waals surface area contributed by atoms with E-state index in [0.29, 0.717) is 0 Å². The third-order valence-corrected chi connectivity index (χ3v) is 6.13. The Morgan fingerprint density at radius 2 is 0.439 bits per heavy atom. The van der Waals surface area contributed by atoms with Crippen LogP contribution >= 0.6 is 0 Å². The second-order valence-electron chi connectivity index (χ2n) is 13.4. The lowest BCUT2D eigenvalue weighted by Crippen LogP contribution is -2.26. The summed E-state index contributed by atoms with van der Waals surface area (Å²) in [5.74, 6) is -6.93. The fraction of sp³-hybridized carbons (Fsp3) is 0.750. The minimum Gasteiger partial charge on any atom is -0.481 e. The van der Waals surface area contributed by atoms with E-state index >= 15 is 0 Å². The van der Waals surface area contributed by atoms with Crippen molar-refractivity contribution in [3.05, 3.63) is 0 Å². The van der Waals surface area contributed by atoms with Crippen LogP contribution in [0.15, 0.2) is 0 Å². The summed E-state index contributed by atoms with van der Waals surface area (Å²) in [6, 6.07) is 0. The molecule has 0 aliphatic carbocycles. The molecule has 21 nitrogen and oxygen atoms in total. The van der Waals surface area contributed by atoms with E-state index < -0.39 is 109 Å². The number of aliphatic carboxylic acids is 3. The maximum absolute atomic E-state index is 11.7. The Bertz CT molecular complexity index is 1280. The van der Waals surface area contributed by atoms with E-state index in [9.17, 15) is 43.2 Å². The molecule has 21 heteroatoms. The summed E-state index contributed by atoms with van der Waals surface area (Å²) in [5.41, 5.74) is 0. The van der Waals surface area contributed by atoms with Gasteiger partial charge in [0.15, 0.2) is 0 Å². The van der Waals surface area contributed by atoms with Gasteiger partial charge in [0.1, 0.15) is 36.6 Å². The van der Waals surface area contributed by atoms with Gasteiger partial charge in [-0.1, -0.05) is 0 Å². The average molecular weight is 829 g/mol. The second kappa shape index (κ2) is 31.2. The molecule has 0 saturated carbocycles. The fourth-order valence-corrected chi connectivity index (χ4v) is 4.05. The molecular formula is C36H60O21. The van der Waals surface area contributed by atoms with E-state index in [1.165, 1.54) is 62.3 Å². The Morgan fingerprint density at radius 3 is 0.579 bits per heavy atom. The highest BCUT2D eigenvalue weighted by atomic mass is 16.6. The number of carboxylic acid groups (broad SMARTS) is 3. The fourth-order valence-electron chi connectivity index (χ4n) is 4.05. The van der Waals surface area contributed by atoms with Gasteiger partial charge in [0.25, 0.3) is 0 Å². The van der Waals surface area contributed by atoms with Crippen molar-refractivity contribution < 1.29 is 102 Å². The first-order chi connectivity index (χ1) is 26.1. The Labute approximate surface area is 330 Å². The Kier molecular flexibility index (Phi) is 30.9. The summed E-state index contributed by atoms with van der Waals surface area (Å²) >= 11 is 0. The zero-order valence-electron chi connectivity index (χ0n) is 33.9. The van der Waals surface area contributed by atoms with Gasteiger partial charge >= 0.3 is 53.7 Å². The number of aliphatic hydroxyl groups excluding tert-OH is 3. The quantitative estimate of drug-likeness (QED) is 0.0592. The third kappa shape index (κ3) is 40.6. The van der Waals surface area contributed by atoms with Crippen LogP contribution in [0.1, 0.15) is 120 Å². The highest BCUT2D eigenvalue weighted by Crippen LogP contribution is 2.10. The first-order valence-corrected chi connectivity index (χ1v) is 18.0. The molecule has 6 N–H and O–H groups in total. The minimum atomic E-state index is -1.08. The first kappa shape index (κ1) is 56.4. The smallest absolute Gasteiger partial charge is 0.309 e. The largest absolute Gasteiger partial charge is 0.481 e. The number of hydrogen-bond donors (Lipinski definition) is 6. The zero-order chi connectivity index (χ0) is 45.0. The molecule has 0 aliphatic rings. The molecule has 0 saturated heterocycles. The Morgan fingerprint density at radius 1 is 0.298 bits per heavy atom. The van der Waals surface area contributed by atoms with Crippen molar-refractivity contribution >= 4 is 53.7 Å². The summed E-state index contributed by atoms with van der Waals surface area (Å²) in [6.07, 6.45) is -8.52. The van der Waals surface area contributed by atoms with Gasteiger partial charge in [-0.05, 0) is 62.3 Å². The monoisotopic (exact) mass is 828 g/mol. The molecule has 0 heterocycles. The molecule has 0 aliphatic heterocycles. The lowest BCUT2D eigenvalue weighted by Gasteiger charge is -2.17. The summed E-state index contributed by atoms with van der Waals surface area (Å²) < 4.78 is 29.2. The lowest BCUT2D eigenvalue weighted by molar-refractivity contribution is -0.162. The van der Waals surface area contributed by atoms with Crippen LogP contribution in [0.5, 0.6) is 0 Å². The SMILES string of the molecule is CC(O)CC(=O)OC(C)CC(=O)O.CC(O)CC(=O)OC(C)CC(=O)OC(C)CC(=O)O.CC(O)CC(=O)OC(C)CC(=O)OC(C)CC(=O)OC(C)CC(=O)O. The van der Waals surface area contributed by atoms with E-state index in [2.05, 4.69) is 0 Å². The van der Waals surface area contributed by atoms with Crippen LogP contribution in [0.25, 0.3) is 0 Å². The van der Waals surface area contributed by atoms with Crippen LogP contribution in [-0.4, -0.2) is 139 Å². The number of carbonyl (C=O) groups excluding carboxylic acids is 6. The van der Waals surface area contributed by atoms with Crippen molar-refractivity contribution in [2.45, 2.75) is 175 Å². The molecule has 330 valence electrons. The molecule has 9 unspecified atom stereocenters. The van der Waals surface area contributed by atoms with E-state index in [1.807, 2.05) is 0 Å². The van der Waals surface area contributed by atoms with Crippen LogP contribution in [-0.2, 0) is 71.6 Å². The predicted octanol–water partition coefficient (Wildman–Crippen LogP) is 1.46. The molecule has 0 aromatic heterocycles. The number of aliphatic hydroxyl groups is 3. The minimum absolute atomic E-state index is 0.107. The average Bonchev–Trinajstić information content (AvgIpc) is 2.94. The molecule has 0 fully saturated rings. The van der Waals surface area contributed by atoms with Gasteiger partial charge in [-0.3, -0.25) is 43.2 Å². The van der Waals surface area contributed by atoms with Crippen molar-refractivity contribution in [1.29, 1.82) is 0 Å². The molecule has 57 heavy (non-hydrogen) atoms. The molecular weight excluding hydrogens is 768 g/mol. The van der Waals surface area contributed by atoms with Crippen LogP contribution in [0, 0.1) is 0 Å². The first-order valence-electron chi connectivity index (χ1n) is 18.0. The summed E-state index contributed by atoms with van der Waals surface area (Å²) in [4.78, 5) is 99.2. The van der Waals surface area contributed by atoms with Crippen LogP contribution in [0.4, 0.5) is 0 Å². The van der Waals surface area contributed by atoms with Crippen molar-refractivity contribution in [2.24, 2.45) is 0 Å². The van der Waals surface area contributed by atoms with E-state index in [-0.39, 0.29) is 57.8 Å². The van der Waals surface area contributed by atoms with Crippen LogP contribution in [0.3, 0.4) is 0 Å². The van der Waals surface area contributed by atoms with Gasteiger partial charge in [-0.25, -0.2) is 0 Å². The van der Waals surface area contributed by atoms with Crippen LogP contribution in [0.2, 0.25) is 0 Å². The Balaban J connectivity index is -0.000000808. The maximum atomic E-state index is 11.7. The molecule has 0 amide bonds. The summed E-state index contributed by atoms with van der Waals surface area (Å²) in [6.45, 7) is 13.3. The van der Waals surface area contributed by atoms with Gasteiger partial charge in [0.05, 0.1) is 76.1 Å². The number of hydrogen-bond acceptors (Lipinski definition) is 18. The van der Waals surface area contributed by atoms with Crippen molar-refractivity contribution in [2.75, 3.05) is 0 Å². The van der Waals surface area contributed by atoms with Gasteiger partial charge in [-0.15, -0.1) is 0 Å². The molecule has 0 spiro atoms. The number of rotatable bonds is 24. The normalized spacial score (nSPS) is 15.2. The molecule has 0 aromatic carbocycles. The molecule has 0 radical (unpaired) electrons. The van der Waals surface area contributed by atoms with Crippen molar-refractivity contribution in [3.63, 3.8) is 0 Å². The summed E-state index contributed by atoms with van der Waals surface area (Å²) in [7, 11) is 0. The van der Waals surface area contributed by atoms with E-state index in [1.54, 1.807) is 0 Å². The van der Waals surface area contributed by atoms with E-state index in [0.717, 1.165) is 0 Å². The van der Waals surface area contributed by atoms with Crippen molar-refractivity contribution in [3.8, 4) is 0 Å². The number of esters is 6. The van der Waals surface area contributed by atoms with E-state index in [4.69, 9.17) is 59.1 Å². The van der Waals surface area contributed by atoms with Crippen molar-refractivity contribution in [1.82, 2.24) is 0 Å². The molecule has 0 rings (SSSR count). The highest BCUT2D eigenvalue weighted by Gasteiger charge is 2.22. The second-order valence-corrected chi connectivity index (χ2v) is 13.4. The van der Waals surface area contributed by atoms with Gasteiger partial charge in [-0.2, -0.15) is 0 Å². The van der Waals surface area contributed by atoms with Gasteiger partial charge < -0.3 is 59.1 Å². The predicted molar refractivity (Wildman–Crippen MR) is 193 cm³/mol. The number of carboxylic acids is 3. The lowest BCUT2D eigenvalue weighted by atomic mass is 10.2.